The third-order valence-corrected chi connectivity index (χ3v) is 15.9. The van der Waals surface area contributed by atoms with Crippen LogP contribution in [0.25, 0.3) is 0 Å². The molecule has 0 aliphatic rings. The minimum Gasteiger partial charge on any atom is -1.00 e. The molecule has 4 rings (SSSR count). The van der Waals surface area contributed by atoms with Gasteiger partial charge in [-0.05, 0) is 0 Å². The molecule has 0 aliphatic heterocycles. The Bertz CT molecular complexity index is 1850. The Balaban J connectivity index is 0.00000930. The maximum Gasteiger partial charge on any atom is 4.00 e. The van der Waals surface area contributed by atoms with Crippen LogP contribution >= 0.6 is 0 Å². The molecular weight excluding hydrogens is 927 g/mol. The molecule has 0 unspecified atom stereocenters. The normalized spacial score (nSPS) is 10.3. The summed E-state index contributed by atoms with van der Waals surface area (Å²) >= 11 is 0. The quantitative estimate of drug-likeness (QED) is 0.0505. The maximum absolute atomic E-state index is 6.51. The first kappa shape index (κ1) is 57.8. The van der Waals surface area contributed by atoms with Crippen molar-refractivity contribution in [2.75, 3.05) is 107 Å². The van der Waals surface area contributed by atoms with Gasteiger partial charge >= 0.3 is 21.7 Å². The van der Waals surface area contributed by atoms with E-state index in [1.54, 1.807) is 0 Å². The van der Waals surface area contributed by atoms with Crippen LogP contribution in [0.1, 0.15) is 22.3 Å². The number of rotatable bonds is 19. The molecule has 15 nitrogen and oxygen atoms in total. The van der Waals surface area contributed by atoms with E-state index in [4.69, 9.17) is 71.1 Å². The predicted molar refractivity (Wildman–Crippen MR) is 223 cm³/mol. The second kappa shape index (κ2) is 24.0. The third-order valence-electron chi connectivity index (χ3n) is 10.8. The summed E-state index contributed by atoms with van der Waals surface area (Å²) in [6.45, 7) is 8.24. The van der Waals surface area contributed by atoms with Crippen molar-refractivity contribution in [1.29, 1.82) is 0 Å². The summed E-state index contributed by atoms with van der Waals surface area (Å²) in [4.78, 5) is 0. The van der Waals surface area contributed by atoms with Gasteiger partial charge in [-0.1, -0.05) is 27.7 Å². The zero-order valence-corrected chi connectivity index (χ0v) is 43.6. The van der Waals surface area contributed by atoms with Gasteiger partial charge in [-0.2, -0.15) is 22.3 Å². The summed E-state index contributed by atoms with van der Waals surface area (Å²) in [5, 5.41) is 2.12. The molecule has 4 aromatic carbocycles. The molecule has 0 radical (unpaired) electrons. The van der Waals surface area contributed by atoms with Gasteiger partial charge in [0.15, 0.2) is 42.6 Å². The fourth-order valence-electron chi connectivity index (χ4n) is 8.31. The van der Waals surface area contributed by atoms with Crippen molar-refractivity contribution in [2.45, 2.75) is 27.7 Å². The molecule has 0 heterocycles. The van der Waals surface area contributed by atoms with Gasteiger partial charge in [0.05, 0.1) is 107 Å². The molecule has 0 spiro atoms. The van der Waals surface area contributed by atoms with E-state index in [1.807, 2.05) is 0 Å². The second-order valence-electron chi connectivity index (χ2n) is 12.7. The van der Waals surface area contributed by atoms with Crippen LogP contribution in [0.5, 0.6) is 86.2 Å². The Kier molecular flexibility index (Phi) is 22.4. The minimum absolute atomic E-state index is 0. The molecule has 62 heavy (non-hydrogen) atoms. The molecule has 0 aliphatic carbocycles. The zero-order chi connectivity index (χ0) is 43.4. The SMILES string of the molecule is COc1c(OC)c(OC)c([Si](c2c(OC)c(OC)c(OC)c(OC)c2OC)(c2c(OC)c(OC)c(OC)c(OC)c2OC)[c-]2c(C)c(C)c(C)c2C)c(OC)c1OC.[Cl-].[Cl-].[Cl-].[Ti+4]. The smallest absolute Gasteiger partial charge is 1.00 e. The van der Waals surface area contributed by atoms with Crippen LogP contribution in [-0.2, 0) is 21.7 Å². The monoisotopic (exact) mass is 982 g/mol. The molecule has 0 N–H and O–H groups in total. The van der Waals surface area contributed by atoms with Crippen LogP contribution in [0.3, 0.4) is 0 Å². The largest absolute Gasteiger partial charge is 4.00 e. The van der Waals surface area contributed by atoms with Gasteiger partial charge in [-0.3, -0.25) is 0 Å². The van der Waals surface area contributed by atoms with E-state index in [9.17, 15) is 0 Å². The van der Waals surface area contributed by atoms with Gasteiger partial charge < -0.3 is 108 Å². The van der Waals surface area contributed by atoms with Crippen molar-refractivity contribution >= 4 is 28.8 Å². The molecule has 20 heteroatoms. The topological polar surface area (TPSA) is 138 Å². The summed E-state index contributed by atoms with van der Waals surface area (Å²) in [6, 6.07) is 0. The molecule has 0 atom stereocenters. The molecule has 0 aromatic heterocycles. The summed E-state index contributed by atoms with van der Waals surface area (Å²) in [7, 11) is 18.1. The average molecular weight is 984 g/mol. The molecule has 0 saturated heterocycles. The molecule has 0 amide bonds. The second-order valence-corrected chi connectivity index (χ2v) is 16.2. The van der Waals surface area contributed by atoms with Gasteiger partial charge in [0, 0.05) is 15.6 Å². The fraction of sp³-hybridized carbons (Fsp3) is 0.452. The average Bonchev–Trinajstić information content (AvgIpc) is 3.44. The minimum atomic E-state index is -4.58. The number of methoxy groups -OCH3 is 15. The molecular formula is C42H57Cl3O15SiTi. The fourth-order valence-corrected chi connectivity index (χ4v) is 14.6. The Morgan fingerprint density at radius 2 is 0.387 bits per heavy atom. The number of hydrogen-bond donors (Lipinski definition) is 0. The van der Waals surface area contributed by atoms with Crippen molar-refractivity contribution in [3.05, 3.63) is 22.3 Å². The van der Waals surface area contributed by atoms with Crippen molar-refractivity contribution in [1.82, 2.24) is 0 Å². The predicted octanol–water partition coefficient (Wildman–Crippen LogP) is -4.84. The van der Waals surface area contributed by atoms with Crippen molar-refractivity contribution in [3.8, 4) is 86.2 Å². The summed E-state index contributed by atoms with van der Waals surface area (Å²) in [5.74, 6) is 3.10. The van der Waals surface area contributed by atoms with Crippen molar-refractivity contribution in [2.24, 2.45) is 0 Å². The van der Waals surface area contributed by atoms with Crippen LogP contribution in [0.4, 0.5) is 0 Å². The summed E-state index contributed by atoms with van der Waals surface area (Å²) in [5.41, 5.74) is 3.86. The van der Waals surface area contributed by atoms with Gasteiger partial charge in [-0.25, -0.2) is 0 Å². The van der Waals surface area contributed by atoms with Gasteiger partial charge in [-0.15, -0.1) is 5.19 Å². The molecule has 344 valence electrons. The number of ether oxygens (including phenoxy) is 15. The first-order chi connectivity index (χ1) is 27.9. The number of hydrogen-bond acceptors (Lipinski definition) is 15. The van der Waals surface area contributed by atoms with Crippen LogP contribution < -0.4 is 129 Å². The van der Waals surface area contributed by atoms with Crippen LogP contribution in [0, 0.1) is 27.7 Å². The molecule has 4 aromatic rings. The van der Waals surface area contributed by atoms with Crippen LogP contribution in [0.15, 0.2) is 0 Å². The van der Waals surface area contributed by atoms with Crippen LogP contribution in [-0.4, -0.2) is 115 Å². The van der Waals surface area contributed by atoms with E-state index in [-0.39, 0.29) is 145 Å². The molecule has 0 fully saturated rings. The van der Waals surface area contributed by atoms with Crippen LogP contribution in [0.2, 0.25) is 0 Å². The Labute approximate surface area is 399 Å². The maximum atomic E-state index is 6.51. The number of benzene rings is 3. The van der Waals surface area contributed by atoms with E-state index in [0.717, 1.165) is 27.4 Å². The van der Waals surface area contributed by atoms with Crippen molar-refractivity contribution in [3.63, 3.8) is 0 Å². The van der Waals surface area contributed by atoms with E-state index in [1.165, 1.54) is 107 Å². The Morgan fingerprint density at radius 3 is 0.516 bits per heavy atom. The van der Waals surface area contributed by atoms with Gasteiger partial charge in [0.1, 0.15) is 0 Å². The zero-order valence-electron chi connectivity index (χ0n) is 38.8. The van der Waals surface area contributed by atoms with Gasteiger partial charge in [0.25, 0.3) is 0 Å². The standard InChI is InChI=1S/C42H57O15Si.3ClH.Ti/c1-20-21(2)23(4)39(22(20)3)58(40-33(52-14)27(46-8)24(43-5)28(47-9)34(40)53-15,41-35(54-16)29(48-10)25(44-6)30(49-11)36(41)55-17)42-37(56-18)31(50-12)26(45-7)32(51-13)38(42)57-19;;;;/h1-19H3;3*1H;/q-1;;;;+4/p-3. The van der Waals surface area contributed by atoms with E-state index in [0.29, 0.717) is 15.6 Å². The third kappa shape index (κ3) is 8.34. The number of halogens is 3. The first-order valence-corrected chi connectivity index (χ1v) is 19.9. The van der Waals surface area contributed by atoms with Gasteiger partial charge in [0.2, 0.25) is 51.7 Å². The molecule has 0 saturated carbocycles. The Morgan fingerprint density at radius 1 is 0.258 bits per heavy atom. The van der Waals surface area contributed by atoms with Crippen molar-refractivity contribution < 1.29 is 130 Å². The van der Waals surface area contributed by atoms with E-state index < -0.39 is 8.07 Å². The van der Waals surface area contributed by atoms with E-state index in [2.05, 4.69) is 27.7 Å². The first-order valence-electron chi connectivity index (χ1n) is 17.9. The molecule has 0 bridgehead atoms. The van der Waals surface area contributed by atoms with E-state index >= 15 is 0 Å². The summed E-state index contributed by atoms with van der Waals surface area (Å²) < 4.78 is 94.1. The summed E-state index contributed by atoms with van der Waals surface area (Å²) in [6.07, 6.45) is 0. The Hall–Kier alpha value is -4.19.